The van der Waals surface area contributed by atoms with E-state index >= 15 is 0 Å². The highest BCUT2D eigenvalue weighted by Gasteiger charge is 2.28. The lowest BCUT2D eigenvalue weighted by Crippen LogP contribution is -2.29. The van der Waals surface area contributed by atoms with E-state index in [0.29, 0.717) is 61.7 Å². The van der Waals surface area contributed by atoms with E-state index in [-0.39, 0.29) is 31.2 Å². The fourth-order valence-corrected chi connectivity index (χ4v) is 4.11. The summed E-state index contributed by atoms with van der Waals surface area (Å²) in [5, 5.41) is 0. The SMILES string of the molecule is C=CC(=O)OCCCOc1ccc(C(=O)Oc2ccc(OC(=O)C3CCC(OCCCOC(=O)C=C)CC3)cc2)cc1. The zero-order chi connectivity index (χ0) is 30.2. The van der Waals surface area contributed by atoms with Crippen molar-refractivity contribution in [2.24, 2.45) is 5.92 Å². The smallest absolute Gasteiger partial charge is 0.343 e. The van der Waals surface area contributed by atoms with Gasteiger partial charge in [-0.05, 0) is 74.2 Å². The van der Waals surface area contributed by atoms with Gasteiger partial charge in [-0.1, -0.05) is 13.2 Å². The van der Waals surface area contributed by atoms with Gasteiger partial charge in [0.1, 0.15) is 17.2 Å². The summed E-state index contributed by atoms with van der Waals surface area (Å²) < 4.78 is 32.2. The van der Waals surface area contributed by atoms with Gasteiger partial charge in [-0.25, -0.2) is 14.4 Å². The van der Waals surface area contributed by atoms with Crippen LogP contribution in [0.1, 0.15) is 48.9 Å². The standard InChI is InChI=1S/C32H36O10/c1-3-29(33)39-21-5-19-37-25-11-7-23(8-12-25)31(35)41-27-15-17-28(18-16-27)42-32(36)24-9-13-26(14-10-24)38-20-6-22-40-30(34)4-2/h3-4,7-8,11-12,15-18,24,26H,1-2,5-6,9-10,13-14,19-22H2. The molecule has 1 saturated carbocycles. The van der Waals surface area contributed by atoms with Gasteiger partial charge < -0.3 is 28.4 Å². The maximum absolute atomic E-state index is 12.6. The summed E-state index contributed by atoms with van der Waals surface area (Å²) in [4.78, 5) is 47.2. The van der Waals surface area contributed by atoms with Crippen LogP contribution >= 0.6 is 0 Å². The minimum absolute atomic E-state index is 0.0717. The van der Waals surface area contributed by atoms with Gasteiger partial charge in [-0.15, -0.1) is 0 Å². The third kappa shape index (κ3) is 11.2. The highest BCUT2D eigenvalue weighted by Crippen LogP contribution is 2.28. The van der Waals surface area contributed by atoms with E-state index in [1.807, 2.05) is 0 Å². The minimum atomic E-state index is -0.542. The van der Waals surface area contributed by atoms with Crippen LogP contribution in [0, 0.1) is 5.92 Å². The fraction of sp³-hybridized carbons (Fsp3) is 0.375. The van der Waals surface area contributed by atoms with Crippen molar-refractivity contribution in [3.8, 4) is 17.2 Å². The Labute approximate surface area is 245 Å². The molecule has 0 radical (unpaired) electrons. The lowest BCUT2D eigenvalue weighted by Gasteiger charge is -2.27. The number of rotatable bonds is 16. The van der Waals surface area contributed by atoms with Gasteiger partial charge in [0.2, 0.25) is 0 Å². The Kier molecular flexibility index (Phi) is 13.3. The van der Waals surface area contributed by atoms with Crippen LogP contribution in [0.5, 0.6) is 17.2 Å². The molecule has 1 aliphatic carbocycles. The summed E-state index contributed by atoms with van der Waals surface area (Å²) in [5.41, 5.74) is 0.341. The van der Waals surface area contributed by atoms with Crippen LogP contribution in [-0.4, -0.2) is 56.4 Å². The van der Waals surface area contributed by atoms with Crippen molar-refractivity contribution >= 4 is 23.9 Å². The molecule has 224 valence electrons. The molecule has 1 aliphatic rings. The number of carbonyl (C=O) groups excluding carboxylic acids is 4. The molecular weight excluding hydrogens is 544 g/mol. The van der Waals surface area contributed by atoms with Crippen molar-refractivity contribution in [2.75, 3.05) is 26.4 Å². The normalized spacial score (nSPS) is 16.0. The van der Waals surface area contributed by atoms with Crippen molar-refractivity contribution in [1.82, 2.24) is 0 Å². The molecule has 1 fully saturated rings. The quantitative estimate of drug-likeness (QED) is 0.116. The number of carbonyl (C=O) groups is 4. The van der Waals surface area contributed by atoms with Crippen molar-refractivity contribution in [1.29, 1.82) is 0 Å². The third-order valence-corrected chi connectivity index (χ3v) is 6.37. The molecular formula is C32H36O10. The average Bonchev–Trinajstić information content (AvgIpc) is 3.01. The summed E-state index contributed by atoms with van der Waals surface area (Å²) in [6.07, 6.45) is 6.26. The van der Waals surface area contributed by atoms with Gasteiger partial charge in [-0.3, -0.25) is 4.79 Å². The number of benzene rings is 2. The average molecular weight is 581 g/mol. The summed E-state index contributed by atoms with van der Waals surface area (Å²) in [6.45, 7) is 8.02. The molecule has 0 bridgehead atoms. The summed E-state index contributed by atoms with van der Waals surface area (Å²) >= 11 is 0. The van der Waals surface area contributed by atoms with Crippen molar-refractivity contribution in [3.05, 3.63) is 79.4 Å². The molecule has 0 amide bonds. The van der Waals surface area contributed by atoms with Gasteiger partial charge in [0, 0.05) is 25.0 Å². The Bertz CT molecular complexity index is 1190. The second-order valence-corrected chi connectivity index (χ2v) is 9.45. The van der Waals surface area contributed by atoms with E-state index < -0.39 is 17.9 Å². The maximum Gasteiger partial charge on any atom is 0.343 e. The van der Waals surface area contributed by atoms with Gasteiger partial charge in [0.05, 0.1) is 44.0 Å². The first kappa shape index (κ1) is 32.1. The van der Waals surface area contributed by atoms with Crippen LogP contribution in [0.2, 0.25) is 0 Å². The molecule has 0 saturated heterocycles. The molecule has 0 aliphatic heterocycles. The number of ether oxygens (including phenoxy) is 6. The van der Waals surface area contributed by atoms with Crippen molar-refractivity contribution in [3.63, 3.8) is 0 Å². The van der Waals surface area contributed by atoms with Crippen LogP contribution in [0.4, 0.5) is 0 Å². The van der Waals surface area contributed by atoms with Crippen LogP contribution in [0.15, 0.2) is 73.8 Å². The Morgan fingerprint density at radius 1 is 0.667 bits per heavy atom. The van der Waals surface area contributed by atoms with E-state index in [4.69, 9.17) is 28.4 Å². The zero-order valence-corrected chi connectivity index (χ0v) is 23.5. The maximum atomic E-state index is 12.6. The Morgan fingerprint density at radius 3 is 1.76 bits per heavy atom. The van der Waals surface area contributed by atoms with Crippen LogP contribution in [0.25, 0.3) is 0 Å². The number of hydrogen-bond acceptors (Lipinski definition) is 10. The Hall–Kier alpha value is -4.44. The van der Waals surface area contributed by atoms with Crippen LogP contribution in [-0.2, 0) is 28.6 Å². The van der Waals surface area contributed by atoms with E-state index in [1.54, 1.807) is 48.5 Å². The van der Waals surface area contributed by atoms with Crippen LogP contribution < -0.4 is 14.2 Å². The zero-order valence-electron chi connectivity index (χ0n) is 23.5. The van der Waals surface area contributed by atoms with E-state index in [9.17, 15) is 19.2 Å². The lowest BCUT2D eigenvalue weighted by molar-refractivity contribution is -0.141. The summed E-state index contributed by atoms with van der Waals surface area (Å²) in [5.74, 6) is -0.727. The number of esters is 4. The molecule has 0 aromatic heterocycles. The largest absolute Gasteiger partial charge is 0.493 e. The Balaban J connectivity index is 1.34. The summed E-state index contributed by atoms with van der Waals surface area (Å²) in [6, 6.07) is 12.8. The van der Waals surface area contributed by atoms with E-state index in [2.05, 4.69) is 13.2 Å². The first-order valence-corrected chi connectivity index (χ1v) is 13.8. The second-order valence-electron chi connectivity index (χ2n) is 9.45. The lowest BCUT2D eigenvalue weighted by atomic mass is 9.87. The van der Waals surface area contributed by atoms with Gasteiger partial charge in [0.15, 0.2) is 0 Å². The molecule has 2 aromatic rings. The molecule has 2 aromatic carbocycles. The van der Waals surface area contributed by atoms with E-state index in [1.165, 1.54) is 0 Å². The fourth-order valence-electron chi connectivity index (χ4n) is 4.11. The first-order chi connectivity index (χ1) is 20.4. The van der Waals surface area contributed by atoms with Crippen molar-refractivity contribution < 1.29 is 47.6 Å². The molecule has 0 unspecified atom stereocenters. The minimum Gasteiger partial charge on any atom is -0.493 e. The van der Waals surface area contributed by atoms with Gasteiger partial charge in [-0.2, -0.15) is 0 Å². The van der Waals surface area contributed by atoms with Crippen molar-refractivity contribution in [2.45, 2.75) is 44.6 Å². The predicted molar refractivity (Wildman–Crippen MR) is 152 cm³/mol. The molecule has 0 N–H and O–H groups in total. The molecule has 0 atom stereocenters. The topological polar surface area (TPSA) is 124 Å². The second kappa shape index (κ2) is 17.4. The summed E-state index contributed by atoms with van der Waals surface area (Å²) in [7, 11) is 0. The molecule has 10 heteroatoms. The highest BCUT2D eigenvalue weighted by atomic mass is 16.5. The first-order valence-electron chi connectivity index (χ1n) is 13.8. The monoisotopic (exact) mass is 580 g/mol. The Morgan fingerprint density at radius 2 is 1.19 bits per heavy atom. The number of hydrogen-bond donors (Lipinski definition) is 0. The molecule has 0 spiro atoms. The van der Waals surface area contributed by atoms with Crippen LogP contribution in [0.3, 0.4) is 0 Å². The molecule has 0 heterocycles. The molecule has 3 rings (SSSR count). The van der Waals surface area contributed by atoms with E-state index in [0.717, 1.165) is 25.0 Å². The third-order valence-electron chi connectivity index (χ3n) is 6.37. The molecule has 10 nitrogen and oxygen atoms in total. The highest BCUT2D eigenvalue weighted by molar-refractivity contribution is 5.91. The predicted octanol–water partition coefficient (Wildman–Crippen LogP) is 5.00. The van der Waals surface area contributed by atoms with Gasteiger partial charge >= 0.3 is 23.9 Å². The van der Waals surface area contributed by atoms with Gasteiger partial charge in [0.25, 0.3) is 0 Å². The molecule has 42 heavy (non-hydrogen) atoms.